The van der Waals surface area contributed by atoms with Gasteiger partial charge in [0, 0.05) is 20.2 Å². The molecular weight excluding hydrogens is 299 g/mol. The summed E-state index contributed by atoms with van der Waals surface area (Å²) in [5.41, 5.74) is 7.04. The van der Waals surface area contributed by atoms with Crippen LogP contribution in [0.2, 0.25) is 0 Å². The predicted octanol–water partition coefficient (Wildman–Crippen LogP) is 2.78. The zero-order chi connectivity index (χ0) is 16.7. The third-order valence-electron chi connectivity index (χ3n) is 3.21. The van der Waals surface area contributed by atoms with Crippen molar-refractivity contribution < 1.29 is 9.47 Å². The van der Waals surface area contributed by atoms with Gasteiger partial charge in [-0.15, -0.1) is 0 Å². The fourth-order valence-electron chi connectivity index (χ4n) is 2.00. The Kier molecular flexibility index (Phi) is 7.83. The molecule has 1 aromatic rings. The Labute approximate surface area is 135 Å². The first-order chi connectivity index (χ1) is 10.3. The molecule has 0 aliphatic heterocycles. The highest BCUT2D eigenvalue weighted by Gasteiger charge is 2.16. The first-order valence-electron chi connectivity index (χ1n) is 7.59. The molecule has 0 aromatic carbocycles. The van der Waals surface area contributed by atoms with Crippen LogP contribution >= 0.6 is 7.92 Å². The third-order valence-corrected chi connectivity index (χ3v) is 6.34. The summed E-state index contributed by atoms with van der Waals surface area (Å²) < 4.78 is 11.4. The SMILES string of the molecule is CC(C)P(COCCOc1cc(N(C)C)nc(N)n1)C(C)C. The van der Waals surface area contributed by atoms with E-state index in [1.165, 1.54) is 0 Å². The maximum Gasteiger partial charge on any atom is 0.225 e. The van der Waals surface area contributed by atoms with Gasteiger partial charge in [-0.3, -0.25) is 0 Å². The Morgan fingerprint density at radius 1 is 1.14 bits per heavy atom. The van der Waals surface area contributed by atoms with Crippen LogP contribution in [0.3, 0.4) is 0 Å². The lowest BCUT2D eigenvalue weighted by molar-refractivity contribution is 0.130. The largest absolute Gasteiger partial charge is 0.475 e. The third kappa shape index (κ3) is 6.32. The highest BCUT2D eigenvalue weighted by atomic mass is 31.1. The lowest BCUT2D eigenvalue weighted by atomic mass is 10.5. The number of rotatable bonds is 9. The quantitative estimate of drug-likeness (QED) is 0.555. The van der Waals surface area contributed by atoms with Crippen molar-refractivity contribution in [3.05, 3.63) is 6.07 Å². The van der Waals surface area contributed by atoms with Gasteiger partial charge in [-0.1, -0.05) is 35.6 Å². The van der Waals surface area contributed by atoms with E-state index in [0.29, 0.717) is 30.4 Å². The molecule has 0 aliphatic carbocycles. The summed E-state index contributed by atoms with van der Waals surface area (Å²) in [5.74, 6) is 1.42. The molecule has 2 N–H and O–H groups in total. The Hall–Kier alpha value is -1.13. The van der Waals surface area contributed by atoms with E-state index in [1.54, 1.807) is 6.07 Å². The fourth-order valence-corrected chi connectivity index (χ4v) is 4.13. The summed E-state index contributed by atoms with van der Waals surface area (Å²) >= 11 is 0. The van der Waals surface area contributed by atoms with Crippen LogP contribution in [0.15, 0.2) is 6.07 Å². The van der Waals surface area contributed by atoms with Gasteiger partial charge in [-0.25, -0.2) is 0 Å². The minimum Gasteiger partial charge on any atom is -0.475 e. The number of aromatic nitrogens is 2. The summed E-state index contributed by atoms with van der Waals surface area (Å²) in [6, 6.07) is 1.77. The molecule has 0 amide bonds. The van der Waals surface area contributed by atoms with Crippen molar-refractivity contribution in [2.24, 2.45) is 0 Å². The summed E-state index contributed by atoms with van der Waals surface area (Å²) in [4.78, 5) is 10.1. The molecule has 1 aromatic heterocycles. The zero-order valence-electron chi connectivity index (χ0n) is 14.5. The number of nitrogens with two attached hydrogens (primary N) is 1. The van der Waals surface area contributed by atoms with Gasteiger partial charge in [0.25, 0.3) is 0 Å². The fraction of sp³-hybridized carbons (Fsp3) is 0.733. The van der Waals surface area contributed by atoms with Gasteiger partial charge >= 0.3 is 0 Å². The second kappa shape index (κ2) is 9.11. The second-order valence-corrected chi connectivity index (χ2v) is 9.26. The average molecular weight is 328 g/mol. The molecular formula is C15H29N4O2P. The van der Waals surface area contributed by atoms with E-state index in [1.807, 2.05) is 19.0 Å². The number of hydrogen-bond acceptors (Lipinski definition) is 6. The Morgan fingerprint density at radius 3 is 2.32 bits per heavy atom. The zero-order valence-corrected chi connectivity index (χ0v) is 15.4. The maximum absolute atomic E-state index is 5.77. The second-order valence-electron chi connectivity index (χ2n) is 5.90. The number of nitrogen functional groups attached to an aromatic ring is 1. The van der Waals surface area contributed by atoms with Crippen molar-refractivity contribution in [2.45, 2.75) is 39.0 Å². The molecule has 0 spiro atoms. The van der Waals surface area contributed by atoms with E-state index in [2.05, 4.69) is 37.7 Å². The van der Waals surface area contributed by atoms with Crippen molar-refractivity contribution >= 4 is 19.7 Å². The number of nitrogens with zero attached hydrogens (tertiary/aromatic N) is 3. The van der Waals surface area contributed by atoms with Crippen molar-refractivity contribution in [1.82, 2.24) is 9.97 Å². The molecule has 22 heavy (non-hydrogen) atoms. The van der Waals surface area contributed by atoms with Gasteiger partial charge in [0.15, 0.2) is 0 Å². The van der Waals surface area contributed by atoms with Gasteiger partial charge in [0.05, 0.1) is 13.0 Å². The van der Waals surface area contributed by atoms with E-state index < -0.39 is 0 Å². The van der Waals surface area contributed by atoms with Crippen LogP contribution in [0.1, 0.15) is 27.7 Å². The van der Waals surface area contributed by atoms with Crippen molar-refractivity contribution in [2.75, 3.05) is 44.3 Å². The van der Waals surface area contributed by atoms with E-state index >= 15 is 0 Å². The summed E-state index contributed by atoms with van der Waals surface area (Å²) in [5, 5.41) is 0. The number of hydrogen-bond donors (Lipinski definition) is 1. The lowest BCUT2D eigenvalue weighted by Gasteiger charge is -2.25. The molecule has 0 atom stereocenters. The minimum atomic E-state index is -0.0985. The van der Waals surface area contributed by atoms with Gasteiger partial charge in [-0.05, 0) is 11.3 Å². The van der Waals surface area contributed by atoms with E-state index in [0.717, 1.165) is 12.2 Å². The Morgan fingerprint density at radius 2 is 1.77 bits per heavy atom. The summed E-state index contributed by atoms with van der Waals surface area (Å²) in [6.07, 6.45) is 0.822. The maximum atomic E-state index is 5.77. The molecule has 1 rings (SSSR count). The van der Waals surface area contributed by atoms with Crippen LogP contribution in [0.25, 0.3) is 0 Å². The topological polar surface area (TPSA) is 73.5 Å². The molecule has 1 heterocycles. The highest BCUT2D eigenvalue weighted by Crippen LogP contribution is 2.45. The van der Waals surface area contributed by atoms with Crippen LogP contribution in [0, 0.1) is 0 Å². The van der Waals surface area contributed by atoms with Crippen LogP contribution in [-0.4, -0.2) is 54.9 Å². The van der Waals surface area contributed by atoms with Crippen molar-refractivity contribution in [3.8, 4) is 5.88 Å². The van der Waals surface area contributed by atoms with Crippen LogP contribution in [0.5, 0.6) is 5.88 Å². The monoisotopic (exact) mass is 328 g/mol. The standard InChI is InChI=1S/C15H29N4O2P/c1-11(2)22(12(3)4)10-20-7-8-21-14-9-13(19(5)6)17-15(16)18-14/h9,11-12H,7-8,10H2,1-6H3,(H2,16,17,18). The van der Waals surface area contributed by atoms with Gasteiger partial charge in [0.2, 0.25) is 11.8 Å². The van der Waals surface area contributed by atoms with Gasteiger partial charge in [0.1, 0.15) is 12.4 Å². The minimum absolute atomic E-state index is 0.0985. The molecule has 0 unspecified atom stereocenters. The van der Waals surface area contributed by atoms with Crippen molar-refractivity contribution in [3.63, 3.8) is 0 Å². The molecule has 7 heteroatoms. The number of anilines is 2. The molecule has 0 saturated heterocycles. The normalized spacial score (nSPS) is 11.5. The van der Waals surface area contributed by atoms with Gasteiger partial charge < -0.3 is 20.1 Å². The highest BCUT2D eigenvalue weighted by molar-refractivity contribution is 7.58. The molecule has 126 valence electrons. The molecule has 0 bridgehead atoms. The lowest BCUT2D eigenvalue weighted by Crippen LogP contribution is -2.15. The molecule has 0 radical (unpaired) electrons. The van der Waals surface area contributed by atoms with Gasteiger partial charge in [-0.2, -0.15) is 9.97 Å². The smallest absolute Gasteiger partial charge is 0.225 e. The Balaban J connectivity index is 2.39. The summed E-state index contributed by atoms with van der Waals surface area (Å²) in [7, 11) is 3.70. The van der Waals surface area contributed by atoms with E-state index in [4.69, 9.17) is 15.2 Å². The first kappa shape index (κ1) is 18.9. The number of ether oxygens (including phenoxy) is 2. The predicted molar refractivity (Wildman–Crippen MR) is 94.3 cm³/mol. The van der Waals surface area contributed by atoms with E-state index in [9.17, 15) is 0 Å². The first-order valence-corrected chi connectivity index (χ1v) is 9.26. The molecule has 0 saturated carbocycles. The Bertz CT molecular complexity index is 447. The molecule has 0 fully saturated rings. The van der Waals surface area contributed by atoms with Crippen LogP contribution in [-0.2, 0) is 4.74 Å². The van der Waals surface area contributed by atoms with Crippen LogP contribution < -0.4 is 15.4 Å². The molecule has 0 aliphatic rings. The summed E-state index contributed by atoms with van der Waals surface area (Å²) in [6.45, 7) is 10.1. The molecule has 6 nitrogen and oxygen atoms in total. The van der Waals surface area contributed by atoms with Crippen molar-refractivity contribution in [1.29, 1.82) is 0 Å². The van der Waals surface area contributed by atoms with Crippen LogP contribution in [0.4, 0.5) is 11.8 Å². The average Bonchev–Trinajstić information content (AvgIpc) is 2.41. The van der Waals surface area contributed by atoms with E-state index in [-0.39, 0.29) is 13.9 Å².